The number of fused-ring (bicyclic) bond motifs is 6. The summed E-state index contributed by atoms with van der Waals surface area (Å²) in [6, 6.07) is 131. The number of oxazole rings is 2. The summed E-state index contributed by atoms with van der Waals surface area (Å²) in [6.07, 6.45) is 0. The largest absolute Gasteiger partial charge is 0.453 e. The topological polar surface area (TPSA) is 164 Å². The van der Waals surface area contributed by atoms with Gasteiger partial charge in [-0.15, -0.1) is 0 Å². The zero-order chi connectivity index (χ0) is 101. The van der Waals surface area contributed by atoms with Crippen molar-refractivity contribution in [1.82, 2.24) is 14.9 Å². The van der Waals surface area contributed by atoms with E-state index in [4.69, 9.17) is 58.2 Å². The third-order valence-electron chi connectivity index (χ3n) is 27.4. The predicted molar refractivity (Wildman–Crippen MR) is 601 cm³/mol. The summed E-state index contributed by atoms with van der Waals surface area (Å²) in [5.74, 6) is 6.84. The fourth-order valence-electron chi connectivity index (χ4n) is 19.0. The highest BCUT2D eigenvalue weighted by Gasteiger charge is 2.38. The number of amidine groups is 3. The number of guanidine groups is 3. The maximum absolute atomic E-state index is 6.27. The first kappa shape index (κ1) is 93.8. The Balaban J connectivity index is 0.000000195. The van der Waals surface area contributed by atoms with Crippen LogP contribution in [-0.2, 0) is 32.5 Å². The number of nitrogens with zero attached hydrogens (tertiary/aromatic N) is 14. The lowest BCUT2D eigenvalue weighted by Crippen LogP contribution is -2.48. The van der Waals surface area contributed by atoms with E-state index in [1.54, 1.807) is 4.90 Å². The van der Waals surface area contributed by atoms with Gasteiger partial charge < -0.3 is 42.8 Å². The maximum Gasteiger partial charge on any atom is 0.243 e. The second kappa shape index (κ2) is 36.7. The lowest BCUT2D eigenvalue weighted by atomic mass is 9.86. The van der Waals surface area contributed by atoms with E-state index in [-0.39, 0.29) is 32.5 Å². The van der Waals surface area contributed by atoms with Crippen molar-refractivity contribution in [2.24, 2.45) is 30.0 Å². The molecule has 7 heterocycles. The molecular formula is C128H116N14O4. The van der Waals surface area contributed by atoms with Crippen molar-refractivity contribution in [1.29, 1.82) is 0 Å². The molecule has 0 saturated carbocycles. The van der Waals surface area contributed by atoms with Crippen LogP contribution in [0, 0.1) is 0 Å². The first-order chi connectivity index (χ1) is 70.1. The van der Waals surface area contributed by atoms with Crippen molar-refractivity contribution in [2.45, 2.75) is 157 Å². The summed E-state index contributed by atoms with van der Waals surface area (Å²) in [5, 5.41) is 0. The smallest absolute Gasteiger partial charge is 0.243 e. The third kappa shape index (κ3) is 18.6. The minimum absolute atomic E-state index is 0.0143. The van der Waals surface area contributed by atoms with Crippen molar-refractivity contribution < 1.29 is 18.3 Å². The molecule has 2 aromatic heterocycles. The van der Waals surface area contributed by atoms with Crippen molar-refractivity contribution in [2.75, 3.05) is 24.5 Å². The average molecular weight is 1910 g/mol. The van der Waals surface area contributed by atoms with E-state index in [2.05, 4.69) is 416 Å². The molecule has 0 amide bonds. The normalized spacial score (nSPS) is 13.9. The fourth-order valence-corrected chi connectivity index (χ4v) is 19.0. The fraction of sp³-hybridized carbons (Fsp3) is 0.188. The molecule has 722 valence electrons. The molecule has 0 saturated heterocycles. The van der Waals surface area contributed by atoms with Gasteiger partial charge in [0.05, 0.1) is 22.7 Å². The summed E-state index contributed by atoms with van der Waals surface area (Å²) in [5.41, 5.74) is 29.8. The minimum Gasteiger partial charge on any atom is -0.453 e. The Labute approximate surface area is 854 Å². The van der Waals surface area contributed by atoms with Gasteiger partial charge in [0.15, 0.2) is 51.7 Å². The van der Waals surface area contributed by atoms with Crippen molar-refractivity contribution in [3.63, 3.8) is 0 Å². The molecule has 16 aromatic carbocycles. The SMILES string of the molecule is CC(C)(C)c1ccc(N(c2ccc(C3=NC4=NC(c5ccc(N(c6ccc(C(C)(C)C)cc6)c6ccc(C(C)(C)C)cc6)cc5)=NC5=NC(c6ccc(N(c7ccc(C(C)(C)C)cc7)c7ccc(C(C)(C)C)cc7)cc6)=NC(=N3)N45)cc2)c2ccc(C(C)(C)C)cc2)cc1.c1ccc2c(c1)Oc1ccccc1N2c1ccc(-c2nc3cc4nc(-c5ccc(N6c7ccccc7Oc7ccccc76)cc5)oc4cc3o2)cc1. The van der Waals surface area contributed by atoms with Gasteiger partial charge in [-0.25, -0.2) is 14.9 Å². The van der Waals surface area contributed by atoms with Gasteiger partial charge in [-0.05, 0) is 315 Å². The number of benzene rings is 16. The number of rotatable bonds is 16. The van der Waals surface area contributed by atoms with Gasteiger partial charge in [0, 0.05) is 96.4 Å². The number of aliphatic imine (C=N–C) groups is 6. The van der Waals surface area contributed by atoms with Crippen molar-refractivity contribution in [3.8, 4) is 45.9 Å². The minimum atomic E-state index is 0.0143. The van der Waals surface area contributed by atoms with E-state index in [0.29, 0.717) is 69.4 Å². The molecule has 5 aliphatic heterocycles. The second-order valence-electron chi connectivity index (χ2n) is 44.0. The van der Waals surface area contributed by atoms with Gasteiger partial charge in [-0.3, -0.25) is 0 Å². The zero-order valence-electron chi connectivity index (χ0n) is 85.7. The monoisotopic (exact) mass is 1910 g/mol. The van der Waals surface area contributed by atoms with Crippen LogP contribution in [0.1, 0.15) is 175 Å². The quantitative estimate of drug-likeness (QED) is 0.0900. The molecule has 0 N–H and O–H groups in total. The molecule has 0 unspecified atom stereocenters. The van der Waals surface area contributed by atoms with E-state index >= 15 is 0 Å². The average Bonchev–Trinajstić information content (AvgIpc) is 0.947. The van der Waals surface area contributed by atoms with Crippen LogP contribution in [0.4, 0.5) is 85.3 Å². The Hall–Kier alpha value is -17.1. The maximum atomic E-state index is 6.27. The van der Waals surface area contributed by atoms with Crippen LogP contribution in [0.3, 0.4) is 0 Å². The number of hydrogen-bond acceptors (Lipinski definition) is 18. The molecule has 0 radical (unpaired) electrons. The summed E-state index contributed by atoms with van der Waals surface area (Å²) in [4.78, 5) is 54.1. The number of ether oxygens (including phenoxy) is 2. The highest BCUT2D eigenvalue weighted by Crippen LogP contribution is 2.54. The third-order valence-corrected chi connectivity index (χ3v) is 27.4. The Morgan fingerprint density at radius 2 is 0.411 bits per heavy atom. The van der Waals surface area contributed by atoms with Crippen LogP contribution in [0.5, 0.6) is 23.0 Å². The molecule has 18 aromatic rings. The van der Waals surface area contributed by atoms with E-state index in [1.807, 2.05) is 109 Å². The molecule has 5 aliphatic rings. The van der Waals surface area contributed by atoms with Gasteiger partial charge in [0.2, 0.25) is 29.7 Å². The molecule has 0 fully saturated rings. The molecular weight excluding hydrogens is 1800 g/mol. The Kier molecular flexibility index (Phi) is 23.6. The van der Waals surface area contributed by atoms with Crippen LogP contribution in [-0.4, -0.2) is 50.3 Å². The van der Waals surface area contributed by atoms with Gasteiger partial charge in [-0.1, -0.05) is 246 Å². The highest BCUT2D eigenvalue weighted by atomic mass is 16.5. The Bertz CT molecular complexity index is 7240. The summed E-state index contributed by atoms with van der Waals surface area (Å²) < 4.78 is 24.9. The van der Waals surface area contributed by atoms with Crippen LogP contribution >= 0.6 is 0 Å². The molecule has 0 aliphatic carbocycles. The first-order valence-corrected chi connectivity index (χ1v) is 50.0. The van der Waals surface area contributed by atoms with E-state index < -0.39 is 0 Å². The first-order valence-electron chi connectivity index (χ1n) is 50.0. The van der Waals surface area contributed by atoms with E-state index in [0.717, 1.165) is 136 Å². The summed E-state index contributed by atoms with van der Waals surface area (Å²) >= 11 is 0. The van der Waals surface area contributed by atoms with Crippen molar-refractivity contribution >= 4 is 143 Å². The van der Waals surface area contributed by atoms with E-state index in [9.17, 15) is 0 Å². The second-order valence-corrected chi connectivity index (χ2v) is 44.0. The van der Waals surface area contributed by atoms with Gasteiger partial charge >= 0.3 is 0 Å². The molecule has 0 atom stereocenters. The Morgan fingerprint density at radius 1 is 0.205 bits per heavy atom. The van der Waals surface area contributed by atoms with Crippen molar-refractivity contribution in [3.05, 3.63) is 426 Å². The zero-order valence-corrected chi connectivity index (χ0v) is 85.7. The predicted octanol–water partition coefficient (Wildman–Crippen LogP) is 34.4. The van der Waals surface area contributed by atoms with Crippen LogP contribution in [0.25, 0.3) is 45.1 Å². The van der Waals surface area contributed by atoms with Crippen LogP contribution < -0.4 is 34.0 Å². The molecule has 18 nitrogen and oxygen atoms in total. The summed E-state index contributed by atoms with van der Waals surface area (Å²) in [6.45, 7) is 40.5. The summed E-state index contributed by atoms with van der Waals surface area (Å²) in [7, 11) is 0. The van der Waals surface area contributed by atoms with Gasteiger partial charge in [0.25, 0.3) is 0 Å². The lowest BCUT2D eigenvalue weighted by Gasteiger charge is -2.32. The molecule has 18 heteroatoms. The lowest BCUT2D eigenvalue weighted by molar-refractivity contribution is 0.477. The highest BCUT2D eigenvalue weighted by molar-refractivity contribution is 6.34. The number of aromatic nitrogens is 2. The number of anilines is 15. The van der Waals surface area contributed by atoms with Crippen LogP contribution in [0.15, 0.2) is 415 Å². The van der Waals surface area contributed by atoms with Gasteiger partial charge in [0.1, 0.15) is 11.0 Å². The molecule has 23 rings (SSSR count). The van der Waals surface area contributed by atoms with E-state index in [1.165, 1.54) is 33.4 Å². The Morgan fingerprint density at radius 3 is 0.630 bits per heavy atom. The van der Waals surface area contributed by atoms with Gasteiger partial charge in [-0.2, -0.15) is 30.0 Å². The number of para-hydroxylation sites is 8. The molecule has 146 heavy (non-hydrogen) atoms. The molecule has 0 bridgehead atoms. The number of hydrogen-bond donors (Lipinski definition) is 0. The standard InChI is InChI=1S/C84H90N10.C44H26N4O4/c1-79(2,3)58-25-43-67(44-26-58)91(68-45-27-59(28-46-68)80(4,5)6)64-37-19-55(20-38-64)73-85-76-87-74(56-21-39-65(40-22-56)92(69-47-29-60(30-48-69)81(7,8)9)70-49-31-61(32-50-70)82(10,11)12)89-78-90-75(88-77(86-73)94(76)78)57-23-41-66(42-24-57)93(71-51-33-62(34-52-71)83(13,14)15)72-53-35-63(36-54-72)84(16,17)18;1-5-13-37-33(9-1)47(34-10-2-6-14-38(34)49-37)29-21-17-27(18-22-29)43-45-31-25-32-42(26-41(31)51-43)52-44(46-32)28-19-23-30(24-20-28)48-35-11-3-7-15-39(35)50-40-16-8-4-12-36(40)48/h19-54H,1-18H3;1-26H. The van der Waals surface area contributed by atoms with Crippen LogP contribution in [0.2, 0.25) is 0 Å². The molecule has 0 spiro atoms.